The molecular weight excluding hydrogens is 320 g/mol. The van der Waals surface area contributed by atoms with E-state index in [9.17, 15) is 4.79 Å². The van der Waals surface area contributed by atoms with Crippen molar-refractivity contribution in [1.29, 1.82) is 0 Å². The SMILES string of the molecule is Cc1csc([C@@H](NC(=O)C[C@H]2OCCc3ccccc32)C2CC2)n1. The van der Waals surface area contributed by atoms with Crippen LogP contribution in [-0.4, -0.2) is 17.5 Å². The number of aromatic nitrogens is 1. The van der Waals surface area contributed by atoms with Crippen LogP contribution < -0.4 is 5.32 Å². The monoisotopic (exact) mass is 342 g/mol. The van der Waals surface area contributed by atoms with Gasteiger partial charge in [-0.15, -0.1) is 11.3 Å². The zero-order chi connectivity index (χ0) is 16.5. The second kappa shape index (κ2) is 6.65. The van der Waals surface area contributed by atoms with Gasteiger partial charge in [0.15, 0.2) is 0 Å². The number of nitrogens with one attached hydrogen (secondary N) is 1. The molecular formula is C19H22N2O2S. The molecule has 1 saturated carbocycles. The fraction of sp³-hybridized carbons (Fsp3) is 0.474. The molecule has 2 aromatic rings. The van der Waals surface area contributed by atoms with Crippen molar-refractivity contribution in [2.75, 3.05) is 6.61 Å². The van der Waals surface area contributed by atoms with E-state index < -0.39 is 0 Å². The molecule has 5 heteroatoms. The molecule has 1 aliphatic carbocycles. The number of hydrogen-bond donors (Lipinski definition) is 1. The molecule has 1 fully saturated rings. The molecule has 1 aromatic heterocycles. The maximum Gasteiger partial charge on any atom is 0.223 e. The topological polar surface area (TPSA) is 51.2 Å². The van der Waals surface area contributed by atoms with Crippen LogP contribution in [0.5, 0.6) is 0 Å². The number of rotatable bonds is 5. The third-order valence-electron chi connectivity index (χ3n) is 4.78. The standard InChI is InChI=1S/C19H22N2O2S/c1-12-11-24-19(20-12)18(14-6-7-14)21-17(22)10-16-15-5-3-2-4-13(15)8-9-23-16/h2-5,11,14,16,18H,6-10H2,1H3,(H,21,22)/t16-,18+/m1/s1. The Kier molecular flexibility index (Phi) is 4.37. The minimum atomic E-state index is -0.132. The van der Waals surface area contributed by atoms with Gasteiger partial charge in [0.1, 0.15) is 5.01 Å². The van der Waals surface area contributed by atoms with Crippen molar-refractivity contribution in [3.05, 3.63) is 51.5 Å². The van der Waals surface area contributed by atoms with E-state index in [0.29, 0.717) is 18.9 Å². The van der Waals surface area contributed by atoms with Gasteiger partial charge in [0, 0.05) is 11.1 Å². The minimum absolute atomic E-state index is 0.0569. The molecule has 0 spiro atoms. The zero-order valence-corrected chi connectivity index (χ0v) is 14.6. The lowest BCUT2D eigenvalue weighted by molar-refractivity contribution is -0.125. The predicted molar refractivity (Wildman–Crippen MR) is 93.9 cm³/mol. The van der Waals surface area contributed by atoms with Gasteiger partial charge in [-0.3, -0.25) is 4.79 Å². The van der Waals surface area contributed by atoms with Crippen LogP contribution in [0.4, 0.5) is 0 Å². The minimum Gasteiger partial charge on any atom is -0.373 e. The Balaban J connectivity index is 1.45. The highest BCUT2D eigenvalue weighted by Crippen LogP contribution is 2.42. The van der Waals surface area contributed by atoms with Gasteiger partial charge in [-0.05, 0) is 43.2 Å². The lowest BCUT2D eigenvalue weighted by Crippen LogP contribution is -2.32. The van der Waals surface area contributed by atoms with Crippen LogP contribution in [-0.2, 0) is 16.0 Å². The lowest BCUT2D eigenvalue weighted by atomic mass is 9.95. The van der Waals surface area contributed by atoms with Crippen molar-refractivity contribution in [1.82, 2.24) is 10.3 Å². The largest absolute Gasteiger partial charge is 0.373 e. The van der Waals surface area contributed by atoms with E-state index in [-0.39, 0.29) is 18.1 Å². The molecule has 126 valence electrons. The Morgan fingerprint density at radius 2 is 2.25 bits per heavy atom. The summed E-state index contributed by atoms with van der Waals surface area (Å²) in [6.07, 6.45) is 3.52. The summed E-state index contributed by atoms with van der Waals surface area (Å²) in [7, 11) is 0. The first-order valence-electron chi connectivity index (χ1n) is 8.61. The molecule has 0 bridgehead atoms. The van der Waals surface area contributed by atoms with Gasteiger partial charge in [-0.2, -0.15) is 0 Å². The van der Waals surface area contributed by atoms with Crippen LogP contribution in [0.1, 0.15) is 53.2 Å². The molecule has 0 radical (unpaired) electrons. The van der Waals surface area contributed by atoms with E-state index in [1.165, 1.54) is 18.4 Å². The molecule has 1 amide bonds. The third-order valence-corrected chi connectivity index (χ3v) is 5.82. The number of hydrogen-bond acceptors (Lipinski definition) is 4. The van der Waals surface area contributed by atoms with E-state index in [2.05, 4.69) is 33.9 Å². The molecule has 24 heavy (non-hydrogen) atoms. The maximum atomic E-state index is 12.6. The highest BCUT2D eigenvalue weighted by Gasteiger charge is 2.35. The average molecular weight is 342 g/mol. The Labute approximate surface area is 146 Å². The van der Waals surface area contributed by atoms with E-state index in [4.69, 9.17) is 4.74 Å². The van der Waals surface area contributed by atoms with E-state index in [0.717, 1.165) is 22.7 Å². The molecule has 2 aliphatic rings. The molecule has 2 heterocycles. The number of carbonyl (C=O) groups is 1. The molecule has 4 rings (SSSR count). The van der Waals surface area contributed by atoms with Crippen LogP contribution in [0.2, 0.25) is 0 Å². The van der Waals surface area contributed by atoms with Gasteiger partial charge in [0.25, 0.3) is 0 Å². The van der Waals surface area contributed by atoms with Crippen LogP contribution in [0.3, 0.4) is 0 Å². The molecule has 1 aromatic carbocycles. The number of fused-ring (bicyclic) bond motifs is 1. The van der Waals surface area contributed by atoms with E-state index in [1.807, 2.05) is 13.0 Å². The average Bonchev–Trinajstić information content (AvgIpc) is 3.34. The molecule has 4 nitrogen and oxygen atoms in total. The number of amides is 1. The summed E-state index contributed by atoms with van der Waals surface area (Å²) >= 11 is 1.65. The van der Waals surface area contributed by atoms with Crippen molar-refractivity contribution in [2.24, 2.45) is 5.92 Å². The highest BCUT2D eigenvalue weighted by molar-refractivity contribution is 7.09. The van der Waals surface area contributed by atoms with Gasteiger partial charge in [0.2, 0.25) is 5.91 Å². The first-order valence-corrected chi connectivity index (χ1v) is 9.49. The maximum absolute atomic E-state index is 12.6. The second-order valence-corrected chi connectivity index (χ2v) is 7.61. The number of benzene rings is 1. The molecule has 1 N–H and O–H groups in total. The van der Waals surface area contributed by atoms with E-state index >= 15 is 0 Å². The Bertz CT molecular complexity index is 738. The lowest BCUT2D eigenvalue weighted by Gasteiger charge is -2.26. The number of aryl methyl sites for hydroxylation is 1. The first-order chi connectivity index (χ1) is 11.7. The summed E-state index contributed by atoms with van der Waals surface area (Å²) in [6.45, 7) is 2.69. The molecule has 2 atom stereocenters. The molecule has 0 unspecified atom stereocenters. The van der Waals surface area contributed by atoms with Gasteiger partial charge in [-0.25, -0.2) is 4.98 Å². The quantitative estimate of drug-likeness (QED) is 0.901. The Morgan fingerprint density at radius 1 is 1.42 bits per heavy atom. The highest BCUT2D eigenvalue weighted by atomic mass is 32.1. The summed E-state index contributed by atoms with van der Waals surface area (Å²) in [6, 6.07) is 8.34. The summed E-state index contributed by atoms with van der Waals surface area (Å²) in [5, 5.41) is 6.30. The van der Waals surface area contributed by atoms with Crippen LogP contribution in [0, 0.1) is 12.8 Å². The van der Waals surface area contributed by atoms with Gasteiger partial charge >= 0.3 is 0 Å². The Morgan fingerprint density at radius 3 is 3.00 bits per heavy atom. The van der Waals surface area contributed by atoms with Crippen LogP contribution in [0.25, 0.3) is 0 Å². The van der Waals surface area contributed by atoms with Crippen molar-refractivity contribution < 1.29 is 9.53 Å². The summed E-state index contributed by atoms with van der Waals surface area (Å²) < 4.78 is 5.87. The fourth-order valence-electron chi connectivity index (χ4n) is 3.37. The van der Waals surface area contributed by atoms with Crippen LogP contribution >= 0.6 is 11.3 Å². The summed E-state index contributed by atoms with van der Waals surface area (Å²) in [5.74, 6) is 0.598. The van der Waals surface area contributed by atoms with Crippen LogP contribution in [0.15, 0.2) is 29.6 Å². The first kappa shape index (κ1) is 15.8. The van der Waals surface area contributed by atoms with E-state index in [1.54, 1.807) is 11.3 Å². The summed E-state index contributed by atoms with van der Waals surface area (Å²) in [5.41, 5.74) is 3.49. The third kappa shape index (κ3) is 3.37. The summed E-state index contributed by atoms with van der Waals surface area (Å²) in [4.78, 5) is 17.2. The fourth-order valence-corrected chi connectivity index (χ4v) is 4.31. The Hall–Kier alpha value is -1.72. The van der Waals surface area contributed by atoms with Crippen molar-refractivity contribution in [2.45, 2.75) is 44.8 Å². The van der Waals surface area contributed by atoms with Gasteiger partial charge in [0.05, 0.1) is 25.2 Å². The number of ether oxygens (including phenoxy) is 1. The smallest absolute Gasteiger partial charge is 0.223 e. The van der Waals surface area contributed by atoms with Crippen molar-refractivity contribution in [3.8, 4) is 0 Å². The van der Waals surface area contributed by atoms with Crippen molar-refractivity contribution >= 4 is 17.2 Å². The predicted octanol–water partition coefficient (Wildman–Crippen LogP) is 3.72. The number of nitrogens with zero attached hydrogens (tertiary/aromatic N) is 1. The normalized spacial score (nSPS) is 21.1. The molecule has 1 aliphatic heterocycles. The molecule has 0 saturated heterocycles. The van der Waals surface area contributed by atoms with Gasteiger partial charge in [-0.1, -0.05) is 24.3 Å². The zero-order valence-electron chi connectivity index (χ0n) is 13.8. The number of carbonyl (C=O) groups excluding carboxylic acids is 1. The van der Waals surface area contributed by atoms with Crippen molar-refractivity contribution in [3.63, 3.8) is 0 Å². The number of thiazole rings is 1. The van der Waals surface area contributed by atoms with Gasteiger partial charge < -0.3 is 10.1 Å². The second-order valence-electron chi connectivity index (χ2n) is 6.72.